The topological polar surface area (TPSA) is 62.1 Å². The van der Waals surface area contributed by atoms with Gasteiger partial charge in [0.1, 0.15) is 5.01 Å². The molecule has 0 N–H and O–H groups in total. The van der Waals surface area contributed by atoms with Crippen LogP contribution in [0.4, 0.5) is 0 Å². The van der Waals surface area contributed by atoms with E-state index in [1.165, 1.54) is 0 Å². The van der Waals surface area contributed by atoms with Crippen molar-refractivity contribution in [3.8, 4) is 33.5 Å². The zero-order valence-corrected chi connectivity index (χ0v) is 19.7. The molecule has 0 bridgehead atoms. The number of benzene rings is 2. The molecule has 0 radical (unpaired) electrons. The maximum Gasteiger partial charge on any atom is 0.191 e. The number of methoxy groups -OCH3 is 1. The molecule has 2 aromatic heterocycles. The van der Waals surface area contributed by atoms with Gasteiger partial charge in [0.2, 0.25) is 0 Å². The number of thiazole rings is 1. The summed E-state index contributed by atoms with van der Waals surface area (Å²) in [6.45, 7) is 2.54. The Balaban J connectivity index is 1.48. The summed E-state index contributed by atoms with van der Waals surface area (Å²) >= 11 is 9.51. The summed E-state index contributed by atoms with van der Waals surface area (Å²) in [6.07, 6.45) is 0. The summed E-state index contributed by atoms with van der Waals surface area (Å²) in [5.41, 5.74) is 2.85. The van der Waals surface area contributed by atoms with E-state index < -0.39 is 0 Å². The van der Waals surface area contributed by atoms with Gasteiger partial charge in [0.05, 0.1) is 24.4 Å². The van der Waals surface area contributed by atoms with Crippen molar-refractivity contribution in [2.24, 2.45) is 7.05 Å². The van der Waals surface area contributed by atoms with Crippen LogP contribution in [0.3, 0.4) is 0 Å². The molecule has 0 saturated carbocycles. The predicted octanol–water partition coefficient (Wildman–Crippen LogP) is 5.96. The summed E-state index contributed by atoms with van der Waals surface area (Å²) in [4.78, 5) is 4.78. The third-order valence-electron chi connectivity index (χ3n) is 4.56. The molecule has 2 aromatic carbocycles. The van der Waals surface area contributed by atoms with E-state index in [0.29, 0.717) is 23.1 Å². The van der Waals surface area contributed by atoms with E-state index in [1.54, 1.807) is 30.2 Å². The first-order valence-electron chi connectivity index (χ1n) is 9.63. The van der Waals surface area contributed by atoms with Gasteiger partial charge in [-0.25, -0.2) is 4.98 Å². The molecular weight excluding hydrogens is 452 g/mol. The summed E-state index contributed by atoms with van der Waals surface area (Å²) in [5, 5.41) is 13.1. The van der Waals surface area contributed by atoms with E-state index in [2.05, 4.69) is 15.6 Å². The number of hydrogen-bond acceptors (Lipinski definition) is 7. The van der Waals surface area contributed by atoms with Crippen LogP contribution in [0.1, 0.15) is 12.6 Å². The molecule has 0 saturated heterocycles. The second-order valence-corrected chi connectivity index (χ2v) is 8.78. The molecule has 9 heteroatoms. The molecule has 31 heavy (non-hydrogen) atoms. The number of thioether (sulfide) groups is 1. The lowest BCUT2D eigenvalue weighted by molar-refractivity contribution is 0.311. The van der Waals surface area contributed by atoms with Gasteiger partial charge >= 0.3 is 0 Å². The molecule has 4 rings (SSSR count). The second-order valence-electron chi connectivity index (χ2n) is 6.58. The molecule has 0 amide bonds. The minimum Gasteiger partial charge on any atom is -0.493 e. The molecule has 2 heterocycles. The van der Waals surface area contributed by atoms with Gasteiger partial charge in [-0.2, -0.15) is 0 Å². The van der Waals surface area contributed by atoms with Crippen LogP contribution in [0.15, 0.2) is 53.0 Å². The Morgan fingerprint density at radius 1 is 1.13 bits per heavy atom. The number of nitrogens with zero attached hydrogens (tertiary/aromatic N) is 4. The minimum atomic E-state index is 0.592. The minimum absolute atomic E-state index is 0.592. The Bertz CT molecular complexity index is 1190. The summed E-state index contributed by atoms with van der Waals surface area (Å²) in [7, 11) is 3.59. The molecule has 0 unspecified atom stereocenters. The largest absolute Gasteiger partial charge is 0.493 e. The lowest BCUT2D eigenvalue weighted by Crippen LogP contribution is -1.96. The molecule has 0 atom stereocenters. The van der Waals surface area contributed by atoms with E-state index in [4.69, 9.17) is 26.1 Å². The number of aromatic nitrogens is 4. The van der Waals surface area contributed by atoms with Gasteiger partial charge in [-0.05, 0) is 37.3 Å². The second kappa shape index (κ2) is 9.72. The lowest BCUT2D eigenvalue weighted by atomic mass is 10.2. The molecule has 4 aromatic rings. The van der Waals surface area contributed by atoms with Crippen molar-refractivity contribution in [1.29, 1.82) is 0 Å². The third-order valence-corrected chi connectivity index (χ3v) is 6.88. The monoisotopic (exact) mass is 472 g/mol. The normalized spacial score (nSPS) is 11.0. The molecule has 6 nitrogen and oxygen atoms in total. The third kappa shape index (κ3) is 4.71. The molecule has 0 aliphatic heterocycles. The summed E-state index contributed by atoms with van der Waals surface area (Å²) in [5.74, 6) is 2.88. The van der Waals surface area contributed by atoms with Gasteiger partial charge in [0.25, 0.3) is 0 Å². The van der Waals surface area contributed by atoms with Gasteiger partial charge in [0, 0.05) is 29.3 Å². The Kier molecular flexibility index (Phi) is 6.80. The van der Waals surface area contributed by atoms with Gasteiger partial charge in [-0.15, -0.1) is 21.5 Å². The summed E-state index contributed by atoms with van der Waals surface area (Å²) in [6, 6.07) is 13.5. The van der Waals surface area contributed by atoms with E-state index >= 15 is 0 Å². The van der Waals surface area contributed by atoms with Crippen molar-refractivity contribution in [3.63, 3.8) is 0 Å². The fourth-order valence-electron chi connectivity index (χ4n) is 3.04. The van der Waals surface area contributed by atoms with Crippen LogP contribution in [-0.2, 0) is 12.8 Å². The average Bonchev–Trinajstić information content (AvgIpc) is 3.40. The van der Waals surface area contributed by atoms with Gasteiger partial charge in [0.15, 0.2) is 22.5 Å². The van der Waals surface area contributed by atoms with Crippen LogP contribution in [0.25, 0.3) is 22.0 Å². The maximum absolute atomic E-state index is 6.31. The first-order valence-corrected chi connectivity index (χ1v) is 11.9. The van der Waals surface area contributed by atoms with Crippen LogP contribution < -0.4 is 9.47 Å². The molecule has 0 fully saturated rings. The van der Waals surface area contributed by atoms with E-state index in [9.17, 15) is 0 Å². The van der Waals surface area contributed by atoms with Crippen molar-refractivity contribution in [3.05, 3.63) is 58.6 Å². The Morgan fingerprint density at radius 3 is 2.74 bits per heavy atom. The van der Waals surface area contributed by atoms with Crippen molar-refractivity contribution in [1.82, 2.24) is 19.7 Å². The first-order chi connectivity index (χ1) is 15.1. The van der Waals surface area contributed by atoms with Crippen LogP contribution in [0.5, 0.6) is 11.5 Å². The van der Waals surface area contributed by atoms with Crippen molar-refractivity contribution < 1.29 is 9.47 Å². The quantitative estimate of drug-likeness (QED) is 0.295. The SMILES string of the molecule is CCOc1ccc(-c2nc(CSc3nnc(-c4ccccc4Cl)n3C)cs2)cc1OC. The van der Waals surface area contributed by atoms with Gasteiger partial charge in [-0.3, -0.25) is 0 Å². The van der Waals surface area contributed by atoms with Crippen molar-refractivity contribution >= 4 is 34.7 Å². The number of rotatable bonds is 8. The average molecular weight is 473 g/mol. The van der Waals surface area contributed by atoms with E-state index in [0.717, 1.165) is 38.6 Å². The zero-order valence-electron chi connectivity index (χ0n) is 17.3. The standard InChI is InChI=1S/C22H21ClN4O2S2/c1-4-29-18-10-9-14(11-19(18)28-3)21-24-15(12-30-21)13-31-22-26-25-20(27(22)2)16-7-5-6-8-17(16)23/h5-12H,4,13H2,1-3H3. The lowest BCUT2D eigenvalue weighted by Gasteiger charge is -2.09. The molecule has 160 valence electrons. The molecular formula is C22H21ClN4O2S2. The zero-order chi connectivity index (χ0) is 21.8. The van der Waals surface area contributed by atoms with Crippen LogP contribution in [-0.4, -0.2) is 33.5 Å². The fourth-order valence-corrected chi connectivity index (χ4v) is 4.98. The van der Waals surface area contributed by atoms with E-state index in [-0.39, 0.29) is 0 Å². The van der Waals surface area contributed by atoms with Crippen LogP contribution in [0, 0.1) is 0 Å². The first kappa shape index (κ1) is 21.7. The van der Waals surface area contributed by atoms with Crippen molar-refractivity contribution in [2.45, 2.75) is 17.8 Å². The number of halogens is 1. The van der Waals surface area contributed by atoms with Crippen molar-refractivity contribution in [2.75, 3.05) is 13.7 Å². The highest BCUT2D eigenvalue weighted by molar-refractivity contribution is 7.98. The highest BCUT2D eigenvalue weighted by Gasteiger charge is 2.15. The van der Waals surface area contributed by atoms with Gasteiger partial charge in [-0.1, -0.05) is 35.5 Å². The molecule has 0 spiro atoms. The highest BCUT2D eigenvalue weighted by Crippen LogP contribution is 2.35. The highest BCUT2D eigenvalue weighted by atomic mass is 35.5. The Labute approximate surface area is 194 Å². The number of ether oxygens (including phenoxy) is 2. The Hall–Kier alpha value is -2.55. The maximum atomic E-state index is 6.31. The fraction of sp³-hybridized carbons (Fsp3) is 0.227. The van der Waals surface area contributed by atoms with Gasteiger partial charge < -0.3 is 14.0 Å². The predicted molar refractivity (Wildman–Crippen MR) is 126 cm³/mol. The van der Waals surface area contributed by atoms with Crippen LogP contribution >= 0.6 is 34.7 Å². The molecule has 0 aliphatic carbocycles. The van der Waals surface area contributed by atoms with E-state index in [1.807, 2.05) is 61.0 Å². The summed E-state index contributed by atoms with van der Waals surface area (Å²) < 4.78 is 13.0. The van der Waals surface area contributed by atoms with Crippen LogP contribution in [0.2, 0.25) is 5.02 Å². The molecule has 0 aliphatic rings. The number of hydrogen-bond donors (Lipinski definition) is 0. The Morgan fingerprint density at radius 2 is 1.97 bits per heavy atom. The smallest absolute Gasteiger partial charge is 0.191 e.